The van der Waals surface area contributed by atoms with Crippen molar-refractivity contribution >= 4 is 11.5 Å². The Morgan fingerprint density at radius 1 is 1.07 bits per heavy atom. The van der Waals surface area contributed by atoms with Crippen molar-refractivity contribution in [1.29, 1.82) is 0 Å². The number of anilines is 1. The van der Waals surface area contributed by atoms with Crippen LogP contribution >= 0.6 is 0 Å². The highest BCUT2D eigenvalue weighted by atomic mass is 16.5. The molecule has 28 heavy (non-hydrogen) atoms. The van der Waals surface area contributed by atoms with E-state index in [4.69, 9.17) is 9.26 Å². The van der Waals surface area contributed by atoms with Crippen LogP contribution < -0.4 is 10.1 Å². The zero-order chi connectivity index (χ0) is 19.7. The van der Waals surface area contributed by atoms with E-state index in [0.717, 1.165) is 24.1 Å². The van der Waals surface area contributed by atoms with E-state index >= 15 is 0 Å². The van der Waals surface area contributed by atoms with Gasteiger partial charge < -0.3 is 14.6 Å². The lowest BCUT2D eigenvalue weighted by Crippen LogP contribution is -2.40. The molecule has 0 saturated heterocycles. The largest absolute Gasteiger partial charge is 0.486 e. The Labute approximate surface area is 163 Å². The molecule has 0 fully saturated rings. The fourth-order valence-corrected chi connectivity index (χ4v) is 3.52. The second-order valence-electron chi connectivity index (χ2n) is 7.05. The van der Waals surface area contributed by atoms with Crippen molar-refractivity contribution in [1.82, 2.24) is 10.1 Å². The summed E-state index contributed by atoms with van der Waals surface area (Å²) in [4.78, 5) is 17.2. The van der Waals surface area contributed by atoms with Crippen LogP contribution in [0.25, 0.3) is 22.8 Å². The SMILES string of the molecule is CCC1(CC)CC(=O)c2cc(-c3nc(-c4ccc(NC)cc4)no3)ccc2O1. The summed E-state index contributed by atoms with van der Waals surface area (Å²) in [5.74, 6) is 1.61. The van der Waals surface area contributed by atoms with E-state index in [1.807, 2.05) is 43.4 Å². The van der Waals surface area contributed by atoms with Crippen LogP contribution in [0.1, 0.15) is 43.5 Å². The molecule has 2 heterocycles. The summed E-state index contributed by atoms with van der Waals surface area (Å²) >= 11 is 0. The van der Waals surface area contributed by atoms with Gasteiger partial charge in [-0.25, -0.2) is 0 Å². The van der Waals surface area contributed by atoms with E-state index in [0.29, 0.717) is 35.0 Å². The number of Topliss-reactive ketones (excluding diaryl/α,β-unsaturated/α-hetero) is 1. The first-order valence-electron chi connectivity index (χ1n) is 9.56. The number of ketones is 1. The summed E-state index contributed by atoms with van der Waals surface area (Å²) in [6, 6.07) is 13.2. The first-order valence-corrected chi connectivity index (χ1v) is 9.56. The van der Waals surface area contributed by atoms with Crippen LogP contribution in [-0.2, 0) is 0 Å². The van der Waals surface area contributed by atoms with Gasteiger partial charge in [0, 0.05) is 23.9 Å². The quantitative estimate of drug-likeness (QED) is 0.676. The second kappa shape index (κ2) is 7.11. The Bertz CT molecular complexity index is 1000. The summed E-state index contributed by atoms with van der Waals surface area (Å²) < 4.78 is 11.6. The van der Waals surface area contributed by atoms with Crippen LogP contribution in [0.3, 0.4) is 0 Å². The molecule has 0 aliphatic carbocycles. The number of aromatic nitrogens is 2. The predicted octanol–water partition coefficient (Wildman–Crippen LogP) is 4.97. The third kappa shape index (κ3) is 3.15. The van der Waals surface area contributed by atoms with E-state index in [1.165, 1.54) is 0 Å². The number of hydrogen-bond acceptors (Lipinski definition) is 6. The Hall–Kier alpha value is -3.15. The molecule has 1 N–H and O–H groups in total. The molecule has 0 radical (unpaired) electrons. The highest BCUT2D eigenvalue weighted by Crippen LogP contribution is 2.39. The number of benzene rings is 2. The first-order chi connectivity index (χ1) is 13.6. The molecule has 0 atom stereocenters. The van der Waals surface area contributed by atoms with E-state index in [2.05, 4.69) is 29.3 Å². The van der Waals surface area contributed by atoms with Crippen molar-refractivity contribution in [3.8, 4) is 28.6 Å². The Kier molecular flexibility index (Phi) is 4.63. The minimum absolute atomic E-state index is 0.0918. The van der Waals surface area contributed by atoms with Gasteiger partial charge in [0.1, 0.15) is 11.4 Å². The molecule has 4 rings (SSSR count). The number of hydrogen-bond donors (Lipinski definition) is 1. The second-order valence-corrected chi connectivity index (χ2v) is 7.05. The molecule has 6 nitrogen and oxygen atoms in total. The van der Waals surface area contributed by atoms with Gasteiger partial charge in [0.25, 0.3) is 5.89 Å². The van der Waals surface area contributed by atoms with Crippen molar-refractivity contribution in [2.45, 2.75) is 38.7 Å². The molecule has 144 valence electrons. The minimum Gasteiger partial charge on any atom is -0.486 e. The molecular formula is C22H23N3O3. The number of rotatable bonds is 5. The maximum absolute atomic E-state index is 12.7. The average Bonchev–Trinajstić information content (AvgIpc) is 3.23. The standard InChI is InChI=1S/C22H23N3O3/c1-4-22(5-2)13-18(26)17-12-15(8-11-19(17)27-22)21-24-20(25-28-21)14-6-9-16(23-3)10-7-14/h6-12,23H,4-5,13H2,1-3H3. The predicted molar refractivity (Wildman–Crippen MR) is 108 cm³/mol. The number of fused-ring (bicyclic) bond motifs is 1. The molecule has 0 unspecified atom stereocenters. The fraction of sp³-hybridized carbons (Fsp3) is 0.318. The van der Waals surface area contributed by atoms with Gasteiger partial charge in [0.05, 0.1) is 12.0 Å². The van der Waals surface area contributed by atoms with Crippen molar-refractivity contribution in [3.05, 3.63) is 48.0 Å². The molecule has 0 bridgehead atoms. The molecule has 0 amide bonds. The topological polar surface area (TPSA) is 77.3 Å². The smallest absolute Gasteiger partial charge is 0.258 e. The van der Waals surface area contributed by atoms with Gasteiger partial charge in [-0.05, 0) is 55.3 Å². The Morgan fingerprint density at radius 3 is 2.46 bits per heavy atom. The molecule has 0 saturated carbocycles. The summed E-state index contributed by atoms with van der Waals surface area (Å²) in [5.41, 5.74) is 2.76. The fourth-order valence-electron chi connectivity index (χ4n) is 3.52. The van der Waals surface area contributed by atoms with E-state index < -0.39 is 5.60 Å². The summed E-state index contributed by atoms with van der Waals surface area (Å²) in [6.07, 6.45) is 1.99. The van der Waals surface area contributed by atoms with Crippen molar-refractivity contribution in [2.75, 3.05) is 12.4 Å². The summed E-state index contributed by atoms with van der Waals surface area (Å²) in [7, 11) is 1.87. The van der Waals surface area contributed by atoms with E-state index in [9.17, 15) is 4.79 Å². The van der Waals surface area contributed by atoms with Gasteiger partial charge in [-0.3, -0.25) is 4.79 Å². The molecule has 1 aliphatic heterocycles. The molecule has 1 aliphatic rings. The van der Waals surface area contributed by atoms with Crippen LogP contribution in [0, 0.1) is 0 Å². The molecule has 1 aromatic heterocycles. The van der Waals surface area contributed by atoms with E-state index in [-0.39, 0.29) is 5.78 Å². The molecule has 6 heteroatoms. The van der Waals surface area contributed by atoms with Crippen LogP contribution in [0.15, 0.2) is 47.0 Å². The zero-order valence-corrected chi connectivity index (χ0v) is 16.3. The minimum atomic E-state index is -0.400. The van der Waals surface area contributed by atoms with Crippen molar-refractivity contribution in [2.24, 2.45) is 0 Å². The van der Waals surface area contributed by atoms with Crippen LogP contribution in [-0.4, -0.2) is 28.6 Å². The maximum atomic E-state index is 12.7. The number of ether oxygens (including phenoxy) is 1. The van der Waals surface area contributed by atoms with Gasteiger partial charge in [-0.2, -0.15) is 4.98 Å². The lowest BCUT2D eigenvalue weighted by Gasteiger charge is -2.36. The van der Waals surface area contributed by atoms with Crippen molar-refractivity contribution in [3.63, 3.8) is 0 Å². The zero-order valence-electron chi connectivity index (χ0n) is 16.3. The monoisotopic (exact) mass is 377 g/mol. The van der Waals surface area contributed by atoms with Gasteiger partial charge in [0.2, 0.25) is 5.82 Å². The highest BCUT2D eigenvalue weighted by molar-refractivity contribution is 6.01. The summed E-state index contributed by atoms with van der Waals surface area (Å²) in [5, 5.41) is 7.15. The lowest BCUT2D eigenvalue weighted by molar-refractivity contribution is 0.0350. The van der Waals surface area contributed by atoms with Gasteiger partial charge in [0.15, 0.2) is 5.78 Å². The molecular weight excluding hydrogens is 354 g/mol. The summed E-state index contributed by atoms with van der Waals surface area (Å²) in [6.45, 7) is 4.11. The number of carbonyl (C=O) groups is 1. The molecule has 0 spiro atoms. The third-order valence-electron chi connectivity index (χ3n) is 5.48. The van der Waals surface area contributed by atoms with Crippen molar-refractivity contribution < 1.29 is 14.1 Å². The molecule has 2 aromatic carbocycles. The maximum Gasteiger partial charge on any atom is 0.258 e. The first kappa shape index (κ1) is 18.2. The Balaban J connectivity index is 1.64. The van der Waals surface area contributed by atoms with E-state index in [1.54, 1.807) is 6.07 Å². The van der Waals surface area contributed by atoms with Gasteiger partial charge in [-0.15, -0.1) is 0 Å². The number of nitrogens with zero attached hydrogens (tertiary/aromatic N) is 2. The normalized spacial score (nSPS) is 15.0. The third-order valence-corrected chi connectivity index (χ3v) is 5.48. The number of carbonyl (C=O) groups excluding carboxylic acids is 1. The van der Waals surface area contributed by atoms with Gasteiger partial charge >= 0.3 is 0 Å². The lowest BCUT2D eigenvalue weighted by atomic mass is 9.85. The van der Waals surface area contributed by atoms with Crippen LogP contribution in [0.4, 0.5) is 5.69 Å². The highest BCUT2D eigenvalue weighted by Gasteiger charge is 2.37. The average molecular weight is 377 g/mol. The van der Waals surface area contributed by atoms with Crippen LogP contribution in [0.2, 0.25) is 0 Å². The van der Waals surface area contributed by atoms with Gasteiger partial charge in [-0.1, -0.05) is 19.0 Å². The van der Waals surface area contributed by atoms with Crippen LogP contribution in [0.5, 0.6) is 5.75 Å². The molecule has 3 aromatic rings. The number of nitrogens with one attached hydrogen (secondary N) is 1. The Morgan fingerprint density at radius 2 is 1.79 bits per heavy atom.